The first-order valence-corrected chi connectivity index (χ1v) is 12.4. The number of hydrogen-bond acceptors (Lipinski definition) is 7. The fourth-order valence-corrected chi connectivity index (χ4v) is 5.95. The van der Waals surface area contributed by atoms with Crippen LogP contribution < -0.4 is 19.6 Å². The quantitative estimate of drug-likeness (QED) is 0.537. The zero-order valence-electron chi connectivity index (χ0n) is 18.4. The third-order valence-corrected chi connectivity index (χ3v) is 7.55. The van der Waals surface area contributed by atoms with Crippen LogP contribution in [0.15, 0.2) is 68.4 Å². The number of para-hydroxylation sites is 1. The number of thiophene rings is 1. The second kappa shape index (κ2) is 8.61. The summed E-state index contributed by atoms with van der Waals surface area (Å²) in [5.41, 5.74) is 2.68. The van der Waals surface area contributed by atoms with Gasteiger partial charge in [-0.05, 0) is 56.0 Å². The smallest absolute Gasteiger partial charge is 0.338 e. The predicted octanol–water partition coefficient (Wildman–Crippen LogP) is 3.68. The van der Waals surface area contributed by atoms with Gasteiger partial charge < -0.3 is 9.47 Å². The van der Waals surface area contributed by atoms with Gasteiger partial charge in [0.1, 0.15) is 17.9 Å². The Balaban J connectivity index is 1.68. The molecule has 4 heterocycles. The molecule has 0 saturated heterocycles. The fraction of sp³-hybridized carbons (Fsp3) is 0.240. The molecule has 0 radical (unpaired) electrons. The number of hydrogen-bond donors (Lipinski definition) is 0. The van der Waals surface area contributed by atoms with Crippen LogP contribution in [0.5, 0.6) is 5.75 Å². The number of rotatable bonds is 4. The standard InChI is InChI=1S/C25H22N2O4S2/c1-4-30-24(29)21-14(2)26-25-27(22(21)19-10-7-11-32-19)23(28)20(33-25)13-17-12-16-8-5-6-9-18(16)31-15(17)3/h5-13,15,22H,4H2,1-3H3/b20-13-. The van der Waals surface area contributed by atoms with Gasteiger partial charge in [0.15, 0.2) is 4.80 Å². The Kier molecular flexibility index (Phi) is 5.64. The van der Waals surface area contributed by atoms with Crippen LogP contribution >= 0.6 is 22.7 Å². The molecule has 0 saturated carbocycles. The Morgan fingerprint density at radius 1 is 1.27 bits per heavy atom. The minimum absolute atomic E-state index is 0.182. The molecule has 6 nitrogen and oxygen atoms in total. The highest BCUT2D eigenvalue weighted by Crippen LogP contribution is 2.33. The zero-order chi connectivity index (χ0) is 23.1. The molecule has 8 heteroatoms. The third kappa shape index (κ3) is 3.79. The fourth-order valence-electron chi connectivity index (χ4n) is 4.08. The molecule has 0 spiro atoms. The van der Waals surface area contributed by atoms with Gasteiger partial charge >= 0.3 is 5.97 Å². The lowest BCUT2D eigenvalue weighted by Crippen LogP contribution is -2.39. The summed E-state index contributed by atoms with van der Waals surface area (Å²) in [5, 5.41) is 1.94. The number of fused-ring (bicyclic) bond motifs is 2. The molecule has 2 unspecified atom stereocenters. The maximum Gasteiger partial charge on any atom is 0.338 e. The summed E-state index contributed by atoms with van der Waals surface area (Å²) in [4.78, 5) is 32.5. The van der Waals surface area contributed by atoms with Crippen molar-refractivity contribution in [1.82, 2.24) is 4.57 Å². The lowest BCUT2D eigenvalue weighted by molar-refractivity contribution is -0.139. The Bertz CT molecular complexity index is 1480. The Labute approximate surface area is 198 Å². The first kappa shape index (κ1) is 21.6. The second-order valence-corrected chi connectivity index (χ2v) is 9.75. The number of aromatic nitrogens is 1. The molecular weight excluding hydrogens is 456 g/mol. The first-order valence-electron chi connectivity index (χ1n) is 10.7. The van der Waals surface area contributed by atoms with Crippen LogP contribution in [0.3, 0.4) is 0 Å². The van der Waals surface area contributed by atoms with Gasteiger partial charge in [-0.1, -0.05) is 35.6 Å². The van der Waals surface area contributed by atoms with Gasteiger partial charge in [-0.15, -0.1) is 11.3 Å². The summed E-state index contributed by atoms with van der Waals surface area (Å²) in [6.45, 7) is 5.78. The number of carbonyl (C=O) groups excluding carboxylic acids is 1. The minimum atomic E-state index is -0.558. The average molecular weight is 479 g/mol. The van der Waals surface area contributed by atoms with E-state index in [0.29, 0.717) is 20.6 Å². The van der Waals surface area contributed by atoms with E-state index in [-0.39, 0.29) is 18.3 Å². The maximum absolute atomic E-state index is 13.6. The molecule has 2 aliphatic heterocycles. The third-order valence-electron chi connectivity index (χ3n) is 5.64. The molecule has 2 aromatic heterocycles. The van der Waals surface area contributed by atoms with Crippen LogP contribution in [-0.4, -0.2) is 23.2 Å². The molecule has 33 heavy (non-hydrogen) atoms. The lowest BCUT2D eigenvalue weighted by Gasteiger charge is -2.23. The summed E-state index contributed by atoms with van der Waals surface area (Å²) in [6, 6.07) is 11.1. The summed E-state index contributed by atoms with van der Waals surface area (Å²) >= 11 is 2.82. The topological polar surface area (TPSA) is 69.9 Å². The van der Waals surface area contributed by atoms with Crippen molar-refractivity contribution in [2.45, 2.75) is 32.9 Å². The molecule has 5 rings (SSSR count). The minimum Gasteiger partial charge on any atom is -0.485 e. The zero-order valence-corrected chi connectivity index (χ0v) is 20.0. The van der Waals surface area contributed by atoms with Gasteiger partial charge in [0.2, 0.25) is 0 Å². The van der Waals surface area contributed by atoms with E-state index < -0.39 is 12.0 Å². The van der Waals surface area contributed by atoms with E-state index in [4.69, 9.17) is 9.47 Å². The number of ether oxygens (including phenoxy) is 2. The van der Waals surface area contributed by atoms with Gasteiger partial charge in [0, 0.05) is 10.4 Å². The second-order valence-electron chi connectivity index (χ2n) is 7.76. The summed E-state index contributed by atoms with van der Waals surface area (Å²) < 4.78 is 13.5. The monoisotopic (exact) mass is 478 g/mol. The largest absolute Gasteiger partial charge is 0.485 e. The summed E-state index contributed by atoms with van der Waals surface area (Å²) in [5.74, 6) is 0.385. The van der Waals surface area contributed by atoms with Crippen molar-refractivity contribution in [3.63, 3.8) is 0 Å². The van der Waals surface area contributed by atoms with E-state index in [1.54, 1.807) is 18.4 Å². The van der Waals surface area contributed by atoms with E-state index in [0.717, 1.165) is 21.8 Å². The number of benzene rings is 1. The molecule has 0 bridgehead atoms. The van der Waals surface area contributed by atoms with E-state index in [1.165, 1.54) is 22.7 Å². The van der Waals surface area contributed by atoms with Crippen molar-refractivity contribution >= 4 is 40.8 Å². The van der Waals surface area contributed by atoms with Crippen molar-refractivity contribution in [3.05, 3.63) is 88.7 Å². The predicted molar refractivity (Wildman–Crippen MR) is 130 cm³/mol. The van der Waals surface area contributed by atoms with Crippen LogP contribution in [0.4, 0.5) is 0 Å². The maximum atomic E-state index is 13.6. The van der Waals surface area contributed by atoms with Crippen LogP contribution in [0.1, 0.15) is 37.3 Å². The van der Waals surface area contributed by atoms with Gasteiger partial charge in [-0.2, -0.15) is 0 Å². The van der Waals surface area contributed by atoms with Crippen LogP contribution in [-0.2, 0) is 9.53 Å². The molecule has 168 valence electrons. The van der Waals surface area contributed by atoms with E-state index >= 15 is 0 Å². The average Bonchev–Trinajstić information content (AvgIpc) is 3.42. The molecule has 2 atom stereocenters. The van der Waals surface area contributed by atoms with Crippen LogP contribution in [0.2, 0.25) is 0 Å². The lowest BCUT2D eigenvalue weighted by atomic mass is 10.0. The highest BCUT2D eigenvalue weighted by Gasteiger charge is 2.34. The summed E-state index contributed by atoms with van der Waals surface area (Å²) in [6.07, 6.45) is 3.73. The Morgan fingerprint density at radius 2 is 2.09 bits per heavy atom. The van der Waals surface area contributed by atoms with Crippen LogP contribution in [0, 0.1) is 0 Å². The van der Waals surface area contributed by atoms with Gasteiger partial charge in [-0.25, -0.2) is 9.79 Å². The number of carbonyl (C=O) groups is 1. The first-order chi connectivity index (χ1) is 16.0. The molecule has 0 aliphatic carbocycles. The van der Waals surface area contributed by atoms with Crippen molar-refractivity contribution < 1.29 is 14.3 Å². The normalized spacial score (nSPS) is 19.8. The van der Waals surface area contributed by atoms with Crippen molar-refractivity contribution in [1.29, 1.82) is 0 Å². The van der Waals surface area contributed by atoms with Gasteiger partial charge in [0.05, 0.1) is 22.4 Å². The number of esters is 1. The van der Waals surface area contributed by atoms with E-state index in [9.17, 15) is 9.59 Å². The molecule has 0 fully saturated rings. The van der Waals surface area contributed by atoms with Crippen molar-refractivity contribution in [2.24, 2.45) is 4.99 Å². The Hall–Kier alpha value is -3.23. The molecule has 3 aromatic rings. The van der Waals surface area contributed by atoms with Crippen molar-refractivity contribution in [3.8, 4) is 5.75 Å². The summed E-state index contributed by atoms with van der Waals surface area (Å²) in [7, 11) is 0. The molecule has 2 aliphatic rings. The van der Waals surface area contributed by atoms with Gasteiger partial charge in [0.25, 0.3) is 5.56 Å². The molecular formula is C25H22N2O4S2. The van der Waals surface area contributed by atoms with Crippen LogP contribution in [0.25, 0.3) is 12.2 Å². The van der Waals surface area contributed by atoms with Crippen molar-refractivity contribution in [2.75, 3.05) is 6.61 Å². The molecule has 1 aromatic carbocycles. The SMILES string of the molecule is CCOC(=O)C1=C(C)N=c2s/c(=C\C3=Cc4ccccc4OC3C)c(=O)n2C1c1cccs1. The van der Waals surface area contributed by atoms with E-state index in [2.05, 4.69) is 4.99 Å². The van der Waals surface area contributed by atoms with Gasteiger partial charge in [-0.3, -0.25) is 9.36 Å². The number of nitrogens with zero attached hydrogens (tertiary/aromatic N) is 2. The highest BCUT2D eigenvalue weighted by molar-refractivity contribution is 7.10. The Morgan fingerprint density at radius 3 is 2.85 bits per heavy atom. The molecule has 0 N–H and O–H groups in total. The number of thiazole rings is 1. The molecule has 0 amide bonds. The highest BCUT2D eigenvalue weighted by atomic mass is 32.1. The van der Waals surface area contributed by atoms with E-state index in [1.807, 2.05) is 60.9 Å². The number of allylic oxidation sites excluding steroid dienone is 1.